The van der Waals surface area contributed by atoms with Crippen molar-refractivity contribution in [1.82, 2.24) is 10.2 Å². The quantitative estimate of drug-likeness (QED) is 0.810. The fourth-order valence-electron chi connectivity index (χ4n) is 1.91. The number of nitrogens with zero attached hydrogens (tertiary/aromatic N) is 1. The maximum Gasteiger partial charge on any atom is 0.0873 e. The average molecular weight is 202 g/mol. The van der Waals surface area contributed by atoms with Crippen LogP contribution in [0.1, 0.15) is 19.4 Å². The fraction of sp³-hybridized carbons (Fsp3) is 0.385. The third-order valence-electron chi connectivity index (χ3n) is 2.52. The smallest absolute Gasteiger partial charge is 0.0873 e. The summed E-state index contributed by atoms with van der Waals surface area (Å²) in [6, 6.07) is 10.5. The zero-order chi connectivity index (χ0) is 10.7. The van der Waals surface area contributed by atoms with Gasteiger partial charge in [0.15, 0.2) is 0 Å². The topological polar surface area (TPSA) is 15.3 Å². The lowest BCUT2D eigenvalue weighted by molar-refractivity contribution is 0.357. The Balaban J connectivity index is 2.15. The van der Waals surface area contributed by atoms with E-state index in [2.05, 4.69) is 60.6 Å². The molecule has 0 saturated carbocycles. The van der Waals surface area contributed by atoms with Crippen molar-refractivity contribution in [2.75, 3.05) is 13.2 Å². The third kappa shape index (κ3) is 2.32. The van der Waals surface area contributed by atoms with Crippen LogP contribution >= 0.6 is 0 Å². The minimum atomic E-state index is 0.692. The SMILES string of the molecule is CC(C)CN1CNC=C1c1ccccc1. The Kier molecular flexibility index (Phi) is 2.95. The molecule has 1 aromatic rings. The monoisotopic (exact) mass is 202 g/mol. The maximum absolute atomic E-state index is 3.29. The lowest BCUT2D eigenvalue weighted by atomic mass is 10.1. The summed E-state index contributed by atoms with van der Waals surface area (Å²) in [7, 11) is 0. The lowest BCUT2D eigenvalue weighted by Gasteiger charge is -2.23. The van der Waals surface area contributed by atoms with Gasteiger partial charge in [-0.25, -0.2) is 0 Å². The molecule has 80 valence electrons. The highest BCUT2D eigenvalue weighted by Crippen LogP contribution is 2.21. The average Bonchev–Trinajstić information content (AvgIpc) is 2.66. The van der Waals surface area contributed by atoms with Crippen LogP contribution in [0, 0.1) is 5.92 Å². The first-order chi connectivity index (χ1) is 7.27. The molecular weight excluding hydrogens is 184 g/mol. The van der Waals surface area contributed by atoms with Gasteiger partial charge in [0.1, 0.15) is 0 Å². The van der Waals surface area contributed by atoms with Crippen LogP contribution in [0.4, 0.5) is 0 Å². The van der Waals surface area contributed by atoms with Crippen molar-refractivity contribution in [3.05, 3.63) is 42.1 Å². The van der Waals surface area contributed by atoms with Crippen LogP contribution in [0.2, 0.25) is 0 Å². The predicted molar refractivity (Wildman–Crippen MR) is 64.0 cm³/mol. The lowest BCUT2D eigenvalue weighted by Crippen LogP contribution is -2.27. The van der Waals surface area contributed by atoms with Gasteiger partial charge < -0.3 is 10.2 Å². The highest BCUT2D eigenvalue weighted by molar-refractivity contribution is 5.65. The molecule has 0 fully saturated rings. The van der Waals surface area contributed by atoms with Crippen LogP contribution in [0.25, 0.3) is 5.70 Å². The molecule has 2 heteroatoms. The second-order valence-corrected chi connectivity index (χ2v) is 4.37. The second-order valence-electron chi connectivity index (χ2n) is 4.37. The van der Waals surface area contributed by atoms with Gasteiger partial charge in [0.05, 0.1) is 12.4 Å². The summed E-state index contributed by atoms with van der Waals surface area (Å²) < 4.78 is 0. The van der Waals surface area contributed by atoms with Crippen LogP contribution in [0.3, 0.4) is 0 Å². The first kappa shape index (κ1) is 10.1. The zero-order valence-electron chi connectivity index (χ0n) is 9.40. The van der Waals surface area contributed by atoms with Crippen molar-refractivity contribution in [3.63, 3.8) is 0 Å². The molecule has 0 atom stereocenters. The van der Waals surface area contributed by atoms with Crippen molar-refractivity contribution >= 4 is 5.70 Å². The molecular formula is C13H18N2. The molecule has 1 heterocycles. The highest BCUT2D eigenvalue weighted by atomic mass is 15.3. The van der Waals surface area contributed by atoms with E-state index in [1.54, 1.807) is 0 Å². The fourth-order valence-corrected chi connectivity index (χ4v) is 1.91. The Morgan fingerprint density at radius 3 is 2.67 bits per heavy atom. The molecule has 0 aliphatic carbocycles. The molecule has 1 N–H and O–H groups in total. The van der Waals surface area contributed by atoms with Crippen molar-refractivity contribution in [3.8, 4) is 0 Å². The van der Waals surface area contributed by atoms with Gasteiger partial charge in [0.2, 0.25) is 0 Å². The number of hydrogen-bond acceptors (Lipinski definition) is 2. The van der Waals surface area contributed by atoms with Gasteiger partial charge in [-0.1, -0.05) is 44.2 Å². The van der Waals surface area contributed by atoms with E-state index in [4.69, 9.17) is 0 Å². The first-order valence-electron chi connectivity index (χ1n) is 5.51. The number of nitrogens with one attached hydrogen (secondary N) is 1. The molecule has 0 aromatic heterocycles. The normalized spacial score (nSPS) is 15.4. The van der Waals surface area contributed by atoms with Gasteiger partial charge in [-0.3, -0.25) is 0 Å². The minimum Gasteiger partial charge on any atom is -0.372 e. The Morgan fingerprint density at radius 1 is 1.27 bits per heavy atom. The Bertz CT molecular complexity index is 341. The third-order valence-corrected chi connectivity index (χ3v) is 2.52. The summed E-state index contributed by atoms with van der Waals surface area (Å²) in [4.78, 5) is 2.39. The predicted octanol–water partition coefficient (Wildman–Crippen LogP) is 2.50. The van der Waals surface area contributed by atoms with Crippen LogP contribution in [-0.2, 0) is 0 Å². The van der Waals surface area contributed by atoms with Crippen LogP contribution in [-0.4, -0.2) is 18.1 Å². The first-order valence-corrected chi connectivity index (χ1v) is 5.51. The Morgan fingerprint density at radius 2 is 2.00 bits per heavy atom. The molecule has 1 aliphatic heterocycles. The zero-order valence-corrected chi connectivity index (χ0v) is 9.40. The molecule has 0 spiro atoms. The van der Waals surface area contributed by atoms with E-state index in [9.17, 15) is 0 Å². The van der Waals surface area contributed by atoms with Gasteiger partial charge in [-0.15, -0.1) is 0 Å². The summed E-state index contributed by atoms with van der Waals surface area (Å²) >= 11 is 0. The molecule has 1 aromatic carbocycles. The van der Waals surface area contributed by atoms with Crippen molar-refractivity contribution in [2.45, 2.75) is 13.8 Å². The van der Waals surface area contributed by atoms with E-state index < -0.39 is 0 Å². The van der Waals surface area contributed by atoms with Crippen molar-refractivity contribution < 1.29 is 0 Å². The summed E-state index contributed by atoms with van der Waals surface area (Å²) in [6.45, 7) is 6.54. The van der Waals surface area contributed by atoms with E-state index in [0.717, 1.165) is 13.2 Å². The molecule has 0 unspecified atom stereocenters. The van der Waals surface area contributed by atoms with Gasteiger partial charge >= 0.3 is 0 Å². The van der Waals surface area contributed by atoms with Gasteiger partial charge in [-0.05, 0) is 11.5 Å². The summed E-state index contributed by atoms with van der Waals surface area (Å²) in [5.41, 5.74) is 2.60. The molecule has 2 nitrogen and oxygen atoms in total. The maximum atomic E-state index is 3.29. The highest BCUT2D eigenvalue weighted by Gasteiger charge is 2.16. The van der Waals surface area contributed by atoms with Gasteiger partial charge in [-0.2, -0.15) is 0 Å². The summed E-state index contributed by atoms with van der Waals surface area (Å²) in [5.74, 6) is 0.692. The van der Waals surface area contributed by atoms with Crippen LogP contribution < -0.4 is 5.32 Å². The van der Waals surface area contributed by atoms with Crippen LogP contribution in [0.15, 0.2) is 36.5 Å². The van der Waals surface area contributed by atoms with E-state index in [-0.39, 0.29) is 0 Å². The summed E-state index contributed by atoms with van der Waals surface area (Å²) in [5, 5.41) is 3.29. The molecule has 0 saturated heterocycles. The largest absolute Gasteiger partial charge is 0.372 e. The molecule has 15 heavy (non-hydrogen) atoms. The molecule has 1 aliphatic rings. The van der Waals surface area contributed by atoms with E-state index in [1.165, 1.54) is 11.3 Å². The molecule has 0 bridgehead atoms. The Labute approximate surface area is 91.6 Å². The van der Waals surface area contributed by atoms with Crippen molar-refractivity contribution in [1.29, 1.82) is 0 Å². The summed E-state index contributed by atoms with van der Waals surface area (Å²) in [6.07, 6.45) is 2.11. The van der Waals surface area contributed by atoms with E-state index >= 15 is 0 Å². The molecule has 0 amide bonds. The minimum absolute atomic E-state index is 0.692. The Hall–Kier alpha value is -1.44. The standard InChI is InChI=1S/C13H18N2/c1-11(2)9-15-10-14-8-13(15)12-6-4-3-5-7-12/h3-8,11,14H,9-10H2,1-2H3. The number of hydrogen-bond donors (Lipinski definition) is 1. The van der Waals surface area contributed by atoms with Gasteiger partial charge in [0.25, 0.3) is 0 Å². The molecule has 2 rings (SSSR count). The van der Waals surface area contributed by atoms with Crippen LogP contribution in [0.5, 0.6) is 0 Å². The van der Waals surface area contributed by atoms with E-state index in [0.29, 0.717) is 5.92 Å². The van der Waals surface area contributed by atoms with E-state index in [1.807, 2.05) is 0 Å². The van der Waals surface area contributed by atoms with Crippen molar-refractivity contribution in [2.24, 2.45) is 5.92 Å². The number of rotatable bonds is 3. The van der Waals surface area contributed by atoms with Gasteiger partial charge in [0, 0.05) is 12.7 Å². The molecule has 0 radical (unpaired) electrons. The number of benzene rings is 1. The second kappa shape index (κ2) is 4.39.